The number of carbonyl (C=O) groups is 1. The predicted octanol–water partition coefficient (Wildman–Crippen LogP) is 2.45. The van der Waals surface area contributed by atoms with E-state index in [-0.39, 0.29) is 24.0 Å². The summed E-state index contributed by atoms with van der Waals surface area (Å²) in [5.41, 5.74) is 0.701. The summed E-state index contributed by atoms with van der Waals surface area (Å²) in [7, 11) is 0. The van der Waals surface area contributed by atoms with E-state index in [2.05, 4.69) is 11.2 Å². The minimum Gasteiger partial charge on any atom is -0.451 e. The van der Waals surface area contributed by atoms with Crippen LogP contribution in [0.2, 0.25) is 0 Å². The molecule has 1 aromatic carbocycles. The van der Waals surface area contributed by atoms with Crippen LogP contribution in [-0.4, -0.2) is 12.5 Å². The molecule has 90 valence electrons. The molecule has 1 heterocycles. The second kappa shape index (κ2) is 5.19. The lowest BCUT2D eigenvalue weighted by molar-refractivity contribution is 0.0932. The zero-order valence-electron chi connectivity index (χ0n) is 9.44. The van der Waals surface area contributed by atoms with Crippen molar-refractivity contribution in [2.45, 2.75) is 0 Å². The third-order valence-electron chi connectivity index (χ3n) is 2.31. The maximum Gasteiger partial charge on any atom is 0.287 e. The SMILES string of the molecule is C#CCNC(=O)c1ccc(-c2ccc(F)cc2)o1. The molecule has 1 N–H and O–H groups in total. The van der Waals surface area contributed by atoms with Gasteiger partial charge in [-0.1, -0.05) is 5.92 Å². The summed E-state index contributed by atoms with van der Waals surface area (Å²) < 4.78 is 18.1. The topological polar surface area (TPSA) is 42.2 Å². The molecule has 0 saturated carbocycles. The van der Waals surface area contributed by atoms with Gasteiger partial charge >= 0.3 is 0 Å². The van der Waals surface area contributed by atoms with Gasteiger partial charge < -0.3 is 9.73 Å². The van der Waals surface area contributed by atoms with Gasteiger partial charge in [0.05, 0.1) is 6.54 Å². The highest BCUT2D eigenvalue weighted by atomic mass is 19.1. The van der Waals surface area contributed by atoms with Crippen molar-refractivity contribution in [1.82, 2.24) is 5.32 Å². The predicted molar refractivity (Wildman–Crippen MR) is 65.3 cm³/mol. The van der Waals surface area contributed by atoms with Crippen molar-refractivity contribution < 1.29 is 13.6 Å². The average Bonchev–Trinajstić information content (AvgIpc) is 2.86. The number of amides is 1. The molecule has 0 atom stereocenters. The van der Waals surface area contributed by atoms with Crippen molar-refractivity contribution in [2.24, 2.45) is 0 Å². The highest BCUT2D eigenvalue weighted by Gasteiger charge is 2.11. The molecule has 0 spiro atoms. The molecule has 0 saturated heterocycles. The van der Waals surface area contributed by atoms with Crippen LogP contribution in [0.4, 0.5) is 4.39 Å². The van der Waals surface area contributed by atoms with Gasteiger partial charge in [-0.3, -0.25) is 4.79 Å². The van der Waals surface area contributed by atoms with Gasteiger partial charge in [0.15, 0.2) is 5.76 Å². The third-order valence-corrected chi connectivity index (χ3v) is 2.31. The molecule has 0 unspecified atom stereocenters. The molecule has 1 amide bonds. The molecule has 0 aliphatic rings. The lowest BCUT2D eigenvalue weighted by Crippen LogP contribution is -2.22. The van der Waals surface area contributed by atoms with Crippen molar-refractivity contribution in [3.63, 3.8) is 0 Å². The molecule has 0 aliphatic heterocycles. The Hall–Kier alpha value is -2.54. The molecule has 0 fully saturated rings. The van der Waals surface area contributed by atoms with Gasteiger partial charge in [-0.15, -0.1) is 6.42 Å². The van der Waals surface area contributed by atoms with Crippen molar-refractivity contribution in [2.75, 3.05) is 6.54 Å². The zero-order valence-corrected chi connectivity index (χ0v) is 9.44. The molecule has 4 heteroatoms. The Kier molecular flexibility index (Phi) is 3.44. The smallest absolute Gasteiger partial charge is 0.287 e. The van der Waals surface area contributed by atoms with E-state index in [1.807, 2.05) is 0 Å². The van der Waals surface area contributed by atoms with E-state index in [9.17, 15) is 9.18 Å². The first-order chi connectivity index (χ1) is 8.70. The summed E-state index contributed by atoms with van der Waals surface area (Å²) in [5, 5.41) is 2.49. The Bertz CT molecular complexity index is 593. The number of rotatable bonds is 3. The Balaban J connectivity index is 2.18. The molecular formula is C14H10FNO2. The maximum atomic E-state index is 12.8. The summed E-state index contributed by atoms with van der Waals surface area (Å²) in [6.45, 7) is 0.144. The van der Waals surface area contributed by atoms with Gasteiger partial charge in [-0.2, -0.15) is 0 Å². The highest BCUT2D eigenvalue weighted by Crippen LogP contribution is 2.22. The van der Waals surface area contributed by atoms with Crippen LogP contribution in [-0.2, 0) is 0 Å². The molecule has 0 aliphatic carbocycles. The van der Waals surface area contributed by atoms with Gasteiger partial charge in [0.1, 0.15) is 11.6 Å². The Morgan fingerprint density at radius 1 is 1.28 bits per heavy atom. The number of benzene rings is 1. The molecule has 2 rings (SSSR count). The maximum absolute atomic E-state index is 12.8. The monoisotopic (exact) mass is 243 g/mol. The number of carbonyl (C=O) groups excluding carboxylic acids is 1. The van der Waals surface area contributed by atoms with Crippen LogP contribution < -0.4 is 5.32 Å². The molecule has 0 radical (unpaired) electrons. The van der Waals surface area contributed by atoms with Crippen LogP contribution in [0.5, 0.6) is 0 Å². The van der Waals surface area contributed by atoms with E-state index in [0.717, 1.165) is 0 Å². The van der Waals surface area contributed by atoms with E-state index in [4.69, 9.17) is 10.8 Å². The van der Waals surface area contributed by atoms with Gasteiger partial charge in [-0.05, 0) is 36.4 Å². The Labute approximate surface area is 104 Å². The van der Waals surface area contributed by atoms with Gasteiger partial charge in [0, 0.05) is 5.56 Å². The van der Waals surface area contributed by atoms with Crippen LogP contribution in [0.3, 0.4) is 0 Å². The number of hydrogen-bond acceptors (Lipinski definition) is 2. The largest absolute Gasteiger partial charge is 0.451 e. The van der Waals surface area contributed by atoms with E-state index in [1.54, 1.807) is 24.3 Å². The quantitative estimate of drug-likeness (QED) is 0.841. The second-order valence-electron chi connectivity index (χ2n) is 3.56. The number of halogens is 1. The number of nitrogens with one attached hydrogen (secondary N) is 1. The Morgan fingerprint density at radius 3 is 2.67 bits per heavy atom. The van der Waals surface area contributed by atoms with Crippen molar-refractivity contribution in [3.8, 4) is 23.7 Å². The van der Waals surface area contributed by atoms with Crippen molar-refractivity contribution in [1.29, 1.82) is 0 Å². The van der Waals surface area contributed by atoms with Crippen molar-refractivity contribution >= 4 is 5.91 Å². The standard InChI is InChI=1S/C14H10FNO2/c1-2-9-16-14(17)13-8-7-12(18-13)10-3-5-11(15)6-4-10/h1,3-8H,9H2,(H,16,17). The molecule has 3 nitrogen and oxygen atoms in total. The Morgan fingerprint density at radius 2 is 2.00 bits per heavy atom. The van der Waals surface area contributed by atoms with Crippen LogP contribution in [0, 0.1) is 18.2 Å². The number of furan rings is 1. The summed E-state index contributed by atoms with van der Waals surface area (Å²) in [5.74, 6) is 2.27. The molecule has 2 aromatic rings. The van der Waals surface area contributed by atoms with Crippen molar-refractivity contribution in [3.05, 3.63) is 48.0 Å². The lowest BCUT2D eigenvalue weighted by Gasteiger charge is -1.98. The average molecular weight is 243 g/mol. The fourth-order valence-electron chi connectivity index (χ4n) is 1.45. The van der Waals surface area contributed by atoms with Gasteiger partial charge in [-0.25, -0.2) is 4.39 Å². The normalized spacial score (nSPS) is 9.78. The summed E-state index contributed by atoms with van der Waals surface area (Å²) in [6.07, 6.45) is 5.03. The van der Waals surface area contributed by atoms with Crippen LogP contribution in [0.1, 0.15) is 10.6 Å². The molecule has 18 heavy (non-hydrogen) atoms. The first-order valence-corrected chi connectivity index (χ1v) is 5.28. The minimum absolute atomic E-state index is 0.144. The van der Waals surface area contributed by atoms with Gasteiger partial charge in [0.25, 0.3) is 5.91 Å². The van der Waals surface area contributed by atoms with E-state index < -0.39 is 0 Å². The van der Waals surface area contributed by atoms with E-state index in [0.29, 0.717) is 11.3 Å². The molecule has 0 bridgehead atoms. The highest BCUT2D eigenvalue weighted by molar-refractivity contribution is 5.92. The fourth-order valence-corrected chi connectivity index (χ4v) is 1.45. The summed E-state index contributed by atoms with van der Waals surface area (Å²) in [4.78, 5) is 11.5. The minimum atomic E-state index is -0.374. The lowest BCUT2D eigenvalue weighted by atomic mass is 10.2. The first kappa shape index (κ1) is 11.9. The van der Waals surface area contributed by atoms with Crippen LogP contribution >= 0.6 is 0 Å². The zero-order chi connectivity index (χ0) is 13.0. The summed E-state index contributed by atoms with van der Waals surface area (Å²) in [6, 6.07) is 9.02. The van der Waals surface area contributed by atoms with Crippen LogP contribution in [0.15, 0.2) is 40.8 Å². The van der Waals surface area contributed by atoms with E-state index >= 15 is 0 Å². The number of hydrogen-bond donors (Lipinski definition) is 1. The molecule has 1 aromatic heterocycles. The number of terminal acetylenes is 1. The first-order valence-electron chi connectivity index (χ1n) is 5.28. The molecular weight excluding hydrogens is 233 g/mol. The van der Waals surface area contributed by atoms with E-state index in [1.165, 1.54) is 12.1 Å². The van der Waals surface area contributed by atoms with Gasteiger partial charge in [0.2, 0.25) is 0 Å². The summed E-state index contributed by atoms with van der Waals surface area (Å²) >= 11 is 0. The third kappa shape index (κ3) is 2.58. The van der Waals surface area contributed by atoms with Crippen LogP contribution in [0.25, 0.3) is 11.3 Å². The second-order valence-corrected chi connectivity index (χ2v) is 3.56. The fraction of sp³-hybridized carbons (Fsp3) is 0.0714.